The van der Waals surface area contributed by atoms with E-state index in [2.05, 4.69) is 15.8 Å². The third kappa shape index (κ3) is 3.26. The zero-order valence-electron chi connectivity index (χ0n) is 9.30. The van der Waals surface area contributed by atoms with Crippen LogP contribution in [0, 0.1) is 0 Å². The highest BCUT2D eigenvalue weighted by molar-refractivity contribution is 4.90. The van der Waals surface area contributed by atoms with Crippen LogP contribution in [-0.4, -0.2) is 32.8 Å². The second-order valence-electron chi connectivity index (χ2n) is 4.04. The maximum atomic E-state index is 8.72. The van der Waals surface area contributed by atoms with Gasteiger partial charge in [-0.25, -0.2) is 4.68 Å². The van der Waals surface area contributed by atoms with Crippen LogP contribution in [0.3, 0.4) is 0 Å². The van der Waals surface area contributed by atoms with Gasteiger partial charge in [-0.2, -0.15) is 5.48 Å². The van der Waals surface area contributed by atoms with Gasteiger partial charge >= 0.3 is 0 Å². The lowest BCUT2D eigenvalue weighted by Crippen LogP contribution is -2.21. The summed E-state index contributed by atoms with van der Waals surface area (Å²) < 4.78 is 1.62. The molecule has 6 heteroatoms. The number of aromatic nitrogens is 3. The number of aliphatic hydroxyl groups excluding tert-OH is 1. The van der Waals surface area contributed by atoms with Crippen LogP contribution >= 0.6 is 0 Å². The van der Waals surface area contributed by atoms with Gasteiger partial charge in [-0.05, 0) is 12.8 Å². The predicted octanol–water partition coefficient (Wildman–Crippen LogP) is 0.234. The molecule has 2 rings (SSSR count). The molecule has 2 N–H and O–H groups in total. The quantitative estimate of drug-likeness (QED) is 0.680. The van der Waals surface area contributed by atoms with Crippen LogP contribution in [0.15, 0.2) is 6.20 Å². The first-order valence-corrected chi connectivity index (χ1v) is 5.77. The van der Waals surface area contributed by atoms with Crippen LogP contribution in [0.25, 0.3) is 0 Å². The Balaban J connectivity index is 1.67. The number of hydroxylamine groups is 1. The molecular weight excluding hydrogens is 208 g/mol. The SMILES string of the molecule is OCCn1cc(CNOC2CCCC2)nn1. The van der Waals surface area contributed by atoms with Gasteiger partial charge in [0.1, 0.15) is 0 Å². The van der Waals surface area contributed by atoms with Crippen LogP contribution in [0.4, 0.5) is 0 Å². The molecule has 90 valence electrons. The fraction of sp³-hybridized carbons (Fsp3) is 0.800. The molecule has 0 unspecified atom stereocenters. The molecule has 1 aliphatic carbocycles. The lowest BCUT2D eigenvalue weighted by Gasteiger charge is -2.09. The van der Waals surface area contributed by atoms with Crippen molar-refractivity contribution in [3.8, 4) is 0 Å². The molecular formula is C10H18N4O2. The fourth-order valence-electron chi connectivity index (χ4n) is 1.87. The second-order valence-corrected chi connectivity index (χ2v) is 4.04. The summed E-state index contributed by atoms with van der Waals surface area (Å²) in [6.45, 7) is 1.12. The van der Waals surface area contributed by atoms with Crippen molar-refractivity contribution in [1.29, 1.82) is 0 Å². The van der Waals surface area contributed by atoms with Crippen LogP contribution in [0.1, 0.15) is 31.4 Å². The van der Waals surface area contributed by atoms with Crippen LogP contribution < -0.4 is 5.48 Å². The first-order valence-electron chi connectivity index (χ1n) is 5.77. The number of hydrogen-bond donors (Lipinski definition) is 2. The second kappa shape index (κ2) is 5.93. The Morgan fingerprint density at radius 1 is 1.50 bits per heavy atom. The molecule has 0 amide bonds. The van der Waals surface area contributed by atoms with E-state index in [9.17, 15) is 0 Å². The third-order valence-corrected chi connectivity index (χ3v) is 2.72. The van der Waals surface area contributed by atoms with E-state index in [-0.39, 0.29) is 6.61 Å². The van der Waals surface area contributed by atoms with E-state index in [1.54, 1.807) is 10.9 Å². The van der Waals surface area contributed by atoms with Gasteiger partial charge in [-0.1, -0.05) is 18.1 Å². The van der Waals surface area contributed by atoms with E-state index in [0.717, 1.165) is 18.5 Å². The van der Waals surface area contributed by atoms with Crippen molar-refractivity contribution in [3.63, 3.8) is 0 Å². The van der Waals surface area contributed by atoms with E-state index >= 15 is 0 Å². The number of aliphatic hydroxyl groups is 1. The standard InChI is InChI=1S/C10H18N4O2/c15-6-5-14-8-9(12-13-14)7-11-16-10-3-1-2-4-10/h8,10-11,15H,1-7H2. The average Bonchev–Trinajstić information content (AvgIpc) is 2.90. The van der Waals surface area contributed by atoms with Crippen LogP contribution in [0.2, 0.25) is 0 Å². The summed E-state index contributed by atoms with van der Waals surface area (Å²) in [6.07, 6.45) is 6.97. The van der Waals surface area contributed by atoms with Gasteiger partial charge in [0, 0.05) is 6.20 Å². The van der Waals surface area contributed by atoms with E-state index in [4.69, 9.17) is 9.94 Å². The largest absolute Gasteiger partial charge is 0.394 e. The number of nitrogens with one attached hydrogen (secondary N) is 1. The Hall–Kier alpha value is -0.980. The molecule has 1 aromatic rings. The molecule has 0 spiro atoms. The molecule has 1 fully saturated rings. The lowest BCUT2D eigenvalue weighted by molar-refractivity contribution is -0.0249. The van der Waals surface area contributed by atoms with Gasteiger partial charge in [-0.3, -0.25) is 4.84 Å². The molecule has 1 heterocycles. The summed E-state index contributed by atoms with van der Waals surface area (Å²) in [5.41, 5.74) is 3.75. The molecule has 0 atom stereocenters. The molecule has 6 nitrogen and oxygen atoms in total. The first-order chi connectivity index (χ1) is 7.88. The predicted molar refractivity (Wildman–Crippen MR) is 57.3 cm³/mol. The summed E-state index contributed by atoms with van der Waals surface area (Å²) in [6, 6.07) is 0. The summed E-state index contributed by atoms with van der Waals surface area (Å²) in [4.78, 5) is 5.50. The Kier molecular flexibility index (Phi) is 4.26. The Morgan fingerprint density at radius 2 is 2.31 bits per heavy atom. The minimum atomic E-state index is 0.0782. The lowest BCUT2D eigenvalue weighted by atomic mass is 10.3. The molecule has 1 aliphatic rings. The van der Waals surface area contributed by atoms with Crippen LogP contribution in [-0.2, 0) is 17.9 Å². The highest BCUT2D eigenvalue weighted by Crippen LogP contribution is 2.19. The molecule has 0 aromatic carbocycles. The smallest absolute Gasteiger partial charge is 0.0988 e. The van der Waals surface area contributed by atoms with E-state index in [1.165, 1.54) is 12.8 Å². The highest BCUT2D eigenvalue weighted by atomic mass is 16.7. The maximum absolute atomic E-state index is 8.72. The van der Waals surface area contributed by atoms with Crippen molar-refractivity contribution < 1.29 is 9.94 Å². The minimum Gasteiger partial charge on any atom is -0.394 e. The zero-order chi connectivity index (χ0) is 11.2. The van der Waals surface area contributed by atoms with Crippen molar-refractivity contribution in [1.82, 2.24) is 20.5 Å². The summed E-state index contributed by atoms with van der Waals surface area (Å²) >= 11 is 0. The van der Waals surface area contributed by atoms with Gasteiger partial charge in [0.05, 0.1) is 31.5 Å². The molecule has 0 saturated heterocycles. The van der Waals surface area contributed by atoms with E-state index in [0.29, 0.717) is 19.2 Å². The van der Waals surface area contributed by atoms with Gasteiger partial charge in [0.2, 0.25) is 0 Å². The topological polar surface area (TPSA) is 72.2 Å². The van der Waals surface area contributed by atoms with Crippen LogP contribution in [0.5, 0.6) is 0 Å². The molecule has 0 radical (unpaired) electrons. The summed E-state index contributed by atoms with van der Waals surface area (Å²) in [7, 11) is 0. The molecule has 1 saturated carbocycles. The first kappa shape index (κ1) is 11.5. The Morgan fingerprint density at radius 3 is 3.06 bits per heavy atom. The van der Waals surface area contributed by atoms with Crippen molar-refractivity contribution in [2.75, 3.05) is 6.61 Å². The zero-order valence-corrected chi connectivity index (χ0v) is 9.30. The number of nitrogens with zero attached hydrogens (tertiary/aromatic N) is 3. The Bertz CT molecular complexity index is 310. The summed E-state index contributed by atoms with van der Waals surface area (Å²) in [5.74, 6) is 0. The summed E-state index contributed by atoms with van der Waals surface area (Å²) in [5, 5.41) is 16.5. The Labute approximate surface area is 94.6 Å². The van der Waals surface area contributed by atoms with Gasteiger partial charge < -0.3 is 5.11 Å². The van der Waals surface area contributed by atoms with Crippen molar-refractivity contribution >= 4 is 0 Å². The van der Waals surface area contributed by atoms with E-state index in [1.807, 2.05) is 0 Å². The van der Waals surface area contributed by atoms with Crippen molar-refractivity contribution in [2.24, 2.45) is 0 Å². The molecule has 16 heavy (non-hydrogen) atoms. The normalized spacial score (nSPS) is 17.1. The minimum absolute atomic E-state index is 0.0782. The molecule has 0 aliphatic heterocycles. The van der Waals surface area contributed by atoms with Gasteiger partial charge in [0.25, 0.3) is 0 Å². The number of rotatable bonds is 6. The average molecular weight is 226 g/mol. The van der Waals surface area contributed by atoms with Crippen molar-refractivity contribution in [2.45, 2.75) is 44.9 Å². The molecule has 0 bridgehead atoms. The maximum Gasteiger partial charge on any atom is 0.0988 e. The monoisotopic (exact) mass is 226 g/mol. The fourth-order valence-corrected chi connectivity index (χ4v) is 1.87. The van der Waals surface area contributed by atoms with E-state index < -0.39 is 0 Å². The van der Waals surface area contributed by atoms with Gasteiger partial charge in [-0.15, -0.1) is 5.10 Å². The third-order valence-electron chi connectivity index (χ3n) is 2.72. The molecule has 1 aromatic heterocycles. The van der Waals surface area contributed by atoms with Crippen molar-refractivity contribution in [3.05, 3.63) is 11.9 Å². The highest BCUT2D eigenvalue weighted by Gasteiger charge is 2.15. The number of hydrogen-bond acceptors (Lipinski definition) is 5. The van der Waals surface area contributed by atoms with Gasteiger partial charge in [0.15, 0.2) is 0 Å².